The third kappa shape index (κ3) is 4.30. The van der Waals surface area contributed by atoms with Crippen LogP contribution < -0.4 is 5.32 Å². The van der Waals surface area contributed by atoms with E-state index in [1.165, 1.54) is 5.56 Å². The number of nitrogens with one attached hydrogen (secondary N) is 1. The summed E-state index contributed by atoms with van der Waals surface area (Å²) in [5, 5.41) is 3.02. The molecule has 1 amide bonds. The van der Waals surface area contributed by atoms with Crippen molar-refractivity contribution < 1.29 is 4.79 Å². The lowest BCUT2D eigenvalue weighted by atomic mass is 10.0. The Morgan fingerprint density at radius 3 is 2.43 bits per heavy atom. The molecule has 0 aromatic heterocycles. The van der Waals surface area contributed by atoms with Crippen LogP contribution in [0.1, 0.15) is 36.2 Å². The standard InChI is InChI=1S/C18H20INO/c1-4-13(3)20-18(21)16-9-15(10-17(19)11-16)14-7-5-12(2)6-8-14/h5-11,13H,4H2,1-3H3,(H,20,21). The highest BCUT2D eigenvalue weighted by atomic mass is 127. The molecule has 110 valence electrons. The Labute approximate surface area is 140 Å². The van der Waals surface area contributed by atoms with Gasteiger partial charge in [0.1, 0.15) is 0 Å². The van der Waals surface area contributed by atoms with Crippen LogP contribution in [0.2, 0.25) is 0 Å². The normalized spacial score (nSPS) is 12.0. The second-order valence-corrected chi connectivity index (χ2v) is 6.62. The number of halogens is 1. The van der Waals surface area contributed by atoms with Crippen LogP contribution in [-0.4, -0.2) is 11.9 Å². The summed E-state index contributed by atoms with van der Waals surface area (Å²) in [6.07, 6.45) is 0.931. The summed E-state index contributed by atoms with van der Waals surface area (Å²) in [6.45, 7) is 6.16. The van der Waals surface area contributed by atoms with Crippen LogP contribution in [0.15, 0.2) is 42.5 Å². The van der Waals surface area contributed by atoms with Crippen molar-refractivity contribution in [1.82, 2.24) is 5.32 Å². The zero-order valence-corrected chi connectivity index (χ0v) is 14.8. The van der Waals surface area contributed by atoms with Gasteiger partial charge in [0.15, 0.2) is 0 Å². The van der Waals surface area contributed by atoms with E-state index in [4.69, 9.17) is 0 Å². The molecule has 0 aliphatic heterocycles. The lowest BCUT2D eigenvalue weighted by molar-refractivity contribution is 0.0939. The molecule has 2 rings (SSSR count). The third-order valence-corrected chi connectivity index (χ3v) is 4.16. The molecule has 1 N–H and O–H groups in total. The fraction of sp³-hybridized carbons (Fsp3) is 0.278. The quantitative estimate of drug-likeness (QED) is 0.744. The van der Waals surface area contributed by atoms with Crippen LogP contribution in [0.4, 0.5) is 0 Å². The zero-order valence-electron chi connectivity index (χ0n) is 12.6. The molecule has 3 heteroatoms. The highest BCUT2D eigenvalue weighted by Crippen LogP contribution is 2.24. The van der Waals surface area contributed by atoms with Gasteiger partial charge in [-0.1, -0.05) is 36.8 Å². The van der Waals surface area contributed by atoms with Gasteiger partial charge in [-0.2, -0.15) is 0 Å². The fourth-order valence-corrected chi connectivity index (χ4v) is 2.71. The summed E-state index contributed by atoms with van der Waals surface area (Å²) in [5.41, 5.74) is 4.17. The zero-order chi connectivity index (χ0) is 15.4. The van der Waals surface area contributed by atoms with Gasteiger partial charge >= 0.3 is 0 Å². The van der Waals surface area contributed by atoms with E-state index in [2.05, 4.69) is 72.1 Å². The van der Waals surface area contributed by atoms with Crippen molar-refractivity contribution in [2.24, 2.45) is 0 Å². The molecule has 2 aromatic carbocycles. The molecule has 0 aliphatic rings. The van der Waals surface area contributed by atoms with Gasteiger partial charge in [-0.05, 0) is 72.2 Å². The van der Waals surface area contributed by atoms with E-state index in [0.717, 1.165) is 26.7 Å². The van der Waals surface area contributed by atoms with Gasteiger partial charge < -0.3 is 5.32 Å². The van der Waals surface area contributed by atoms with Crippen LogP contribution >= 0.6 is 22.6 Å². The first-order valence-corrected chi connectivity index (χ1v) is 8.26. The van der Waals surface area contributed by atoms with Gasteiger partial charge in [0.25, 0.3) is 5.91 Å². The monoisotopic (exact) mass is 393 g/mol. The number of benzene rings is 2. The Morgan fingerprint density at radius 2 is 1.81 bits per heavy atom. The minimum atomic E-state index is -0.00349. The van der Waals surface area contributed by atoms with E-state index in [-0.39, 0.29) is 11.9 Å². The molecular formula is C18H20INO. The molecule has 0 saturated carbocycles. The predicted molar refractivity (Wildman–Crippen MR) is 96.6 cm³/mol. The second-order valence-electron chi connectivity index (χ2n) is 5.38. The van der Waals surface area contributed by atoms with Gasteiger partial charge in [-0.3, -0.25) is 4.79 Å². The highest BCUT2D eigenvalue weighted by Gasteiger charge is 2.11. The molecule has 0 radical (unpaired) electrons. The fourth-order valence-electron chi connectivity index (χ4n) is 2.04. The molecule has 0 spiro atoms. The number of carbonyl (C=O) groups is 1. The van der Waals surface area contributed by atoms with Crippen molar-refractivity contribution in [2.45, 2.75) is 33.2 Å². The van der Waals surface area contributed by atoms with Gasteiger partial charge in [-0.25, -0.2) is 0 Å². The van der Waals surface area contributed by atoms with Crippen LogP contribution in [0, 0.1) is 10.5 Å². The van der Waals surface area contributed by atoms with Gasteiger partial charge in [0.2, 0.25) is 0 Å². The Morgan fingerprint density at radius 1 is 1.14 bits per heavy atom. The van der Waals surface area contributed by atoms with Crippen molar-refractivity contribution in [2.75, 3.05) is 0 Å². The average molecular weight is 393 g/mol. The minimum absolute atomic E-state index is 0.00349. The molecule has 0 fully saturated rings. The summed E-state index contributed by atoms with van der Waals surface area (Å²) >= 11 is 2.26. The molecule has 1 unspecified atom stereocenters. The average Bonchev–Trinajstić information content (AvgIpc) is 2.47. The number of rotatable bonds is 4. The second kappa shape index (κ2) is 7.07. The first kappa shape index (κ1) is 16.0. The highest BCUT2D eigenvalue weighted by molar-refractivity contribution is 14.1. The Hall–Kier alpha value is -1.36. The molecule has 2 aromatic rings. The summed E-state index contributed by atoms with van der Waals surface area (Å²) < 4.78 is 1.07. The van der Waals surface area contributed by atoms with E-state index >= 15 is 0 Å². The van der Waals surface area contributed by atoms with Crippen LogP contribution in [-0.2, 0) is 0 Å². The van der Waals surface area contributed by atoms with Crippen molar-refractivity contribution in [3.05, 3.63) is 57.2 Å². The largest absolute Gasteiger partial charge is 0.350 e. The maximum Gasteiger partial charge on any atom is 0.251 e. The van der Waals surface area contributed by atoms with E-state index in [1.807, 2.05) is 19.1 Å². The van der Waals surface area contributed by atoms with Crippen LogP contribution in [0.5, 0.6) is 0 Å². The molecule has 0 bridgehead atoms. The Kier molecular flexibility index (Phi) is 5.39. The molecule has 21 heavy (non-hydrogen) atoms. The summed E-state index contributed by atoms with van der Waals surface area (Å²) in [6, 6.07) is 14.6. The van der Waals surface area contributed by atoms with Crippen molar-refractivity contribution in [1.29, 1.82) is 0 Å². The van der Waals surface area contributed by atoms with E-state index in [1.54, 1.807) is 0 Å². The Bertz CT molecular complexity index is 634. The predicted octanol–water partition coefficient (Wildman–Crippen LogP) is 4.79. The molecule has 0 heterocycles. The lowest BCUT2D eigenvalue weighted by Gasteiger charge is -2.13. The van der Waals surface area contributed by atoms with Crippen LogP contribution in [0.25, 0.3) is 11.1 Å². The van der Waals surface area contributed by atoms with Crippen molar-refractivity contribution in [3.63, 3.8) is 0 Å². The Balaban J connectivity index is 2.33. The SMILES string of the molecule is CCC(C)NC(=O)c1cc(I)cc(-c2ccc(C)cc2)c1. The molecule has 1 atom stereocenters. The third-order valence-electron chi connectivity index (χ3n) is 3.53. The number of aryl methyl sites for hydroxylation is 1. The topological polar surface area (TPSA) is 29.1 Å². The number of hydrogen-bond donors (Lipinski definition) is 1. The number of carbonyl (C=O) groups excluding carboxylic acids is 1. The molecule has 2 nitrogen and oxygen atoms in total. The molecule has 0 aliphatic carbocycles. The van der Waals surface area contributed by atoms with Gasteiger partial charge in [0, 0.05) is 15.2 Å². The number of amides is 1. The van der Waals surface area contributed by atoms with Crippen molar-refractivity contribution in [3.8, 4) is 11.1 Å². The van der Waals surface area contributed by atoms with E-state index in [9.17, 15) is 4.79 Å². The maximum absolute atomic E-state index is 12.3. The van der Waals surface area contributed by atoms with E-state index in [0.29, 0.717) is 0 Å². The lowest BCUT2D eigenvalue weighted by Crippen LogP contribution is -2.31. The van der Waals surface area contributed by atoms with Gasteiger partial charge in [0.05, 0.1) is 0 Å². The molecule has 0 saturated heterocycles. The smallest absolute Gasteiger partial charge is 0.251 e. The number of hydrogen-bond acceptors (Lipinski definition) is 1. The maximum atomic E-state index is 12.3. The summed E-state index contributed by atoms with van der Waals surface area (Å²) in [5.74, 6) is -0.00349. The summed E-state index contributed by atoms with van der Waals surface area (Å²) in [4.78, 5) is 12.3. The first-order chi connectivity index (χ1) is 9.99. The molecular weight excluding hydrogens is 373 g/mol. The van der Waals surface area contributed by atoms with Crippen molar-refractivity contribution >= 4 is 28.5 Å². The van der Waals surface area contributed by atoms with Gasteiger partial charge in [-0.15, -0.1) is 0 Å². The minimum Gasteiger partial charge on any atom is -0.350 e. The van der Waals surface area contributed by atoms with Crippen LogP contribution in [0.3, 0.4) is 0 Å². The summed E-state index contributed by atoms with van der Waals surface area (Å²) in [7, 11) is 0. The van der Waals surface area contributed by atoms with E-state index < -0.39 is 0 Å². The first-order valence-electron chi connectivity index (χ1n) is 7.18.